The van der Waals surface area contributed by atoms with Crippen LogP contribution in [0.15, 0.2) is 35.4 Å². The maximum atomic E-state index is 12.5. The lowest BCUT2D eigenvalue weighted by atomic mass is 10.1. The summed E-state index contributed by atoms with van der Waals surface area (Å²) in [5, 5.41) is 7.83. The second kappa shape index (κ2) is 16.8. The van der Waals surface area contributed by atoms with E-state index in [4.69, 9.17) is 26.2 Å². The van der Waals surface area contributed by atoms with Crippen molar-refractivity contribution in [2.75, 3.05) is 24.5 Å². The van der Waals surface area contributed by atoms with Crippen LogP contribution in [0.4, 0.5) is 16.3 Å². The van der Waals surface area contributed by atoms with Crippen LogP contribution >= 0.6 is 11.6 Å². The molecule has 11 nitrogen and oxygen atoms in total. The molecular formula is C26H38ClN5O6S. The van der Waals surface area contributed by atoms with E-state index < -0.39 is 22.0 Å². The third-order valence-electron chi connectivity index (χ3n) is 5.85. The van der Waals surface area contributed by atoms with E-state index in [9.17, 15) is 18.0 Å². The molecule has 0 fully saturated rings. The lowest BCUT2D eigenvalue weighted by Crippen LogP contribution is -2.34. The molecule has 39 heavy (non-hydrogen) atoms. The molecule has 1 aromatic carbocycles. The number of carbonyl (C=O) groups is 2. The number of carbonyl (C=O) groups excluding carboxylic acids is 2. The van der Waals surface area contributed by atoms with E-state index in [1.807, 2.05) is 0 Å². The Morgan fingerprint density at radius 3 is 2.26 bits per heavy atom. The molecule has 0 spiro atoms. The molecule has 2 rings (SSSR count). The summed E-state index contributed by atoms with van der Waals surface area (Å²) < 4.78 is 33.4. The number of anilines is 2. The highest BCUT2D eigenvalue weighted by atomic mass is 35.5. The largest absolute Gasteiger partial charge is 0.493 e. The van der Waals surface area contributed by atoms with Crippen molar-refractivity contribution < 1.29 is 27.5 Å². The van der Waals surface area contributed by atoms with Crippen molar-refractivity contribution in [2.45, 2.75) is 76.0 Å². The summed E-state index contributed by atoms with van der Waals surface area (Å²) in [6, 6.07) is 4.85. The number of nitrogens with two attached hydrogens (primary N) is 1. The smallest absolute Gasteiger partial charge is 0.338 e. The molecule has 5 N–H and O–H groups in total. The highest BCUT2D eigenvalue weighted by Crippen LogP contribution is 2.25. The van der Waals surface area contributed by atoms with Gasteiger partial charge in [0.05, 0.1) is 30.0 Å². The van der Waals surface area contributed by atoms with E-state index in [2.05, 4.69) is 28.1 Å². The Bertz CT molecular complexity index is 1200. The van der Waals surface area contributed by atoms with Gasteiger partial charge < -0.3 is 14.8 Å². The lowest BCUT2D eigenvalue weighted by molar-refractivity contribution is 0.0497. The molecule has 0 atom stereocenters. The van der Waals surface area contributed by atoms with Crippen LogP contribution in [-0.2, 0) is 14.8 Å². The van der Waals surface area contributed by atoms with Gasteiger partial charge in [-0.25, -0.2) is 33.6 Å². The molecule has 2 aromatic rings. The van der Waals surface area contributed by atoms with Gasteiger partial charge in [-0.05, 0) is 24.6 Å². The van der Waals surface area contributed by atoms with Crippen LogP contribution in [0.2, 0.25) is 5.02 Å². The van der Waals surface area contributed by atoms with Crippen LogP contribution in [0, 0.1) is 0 Å². The number of amides is 2. The number of benzene rings is 1. The zero-order valence-corrected chi connectivity index (χ0v) is 24.0. The Morgan fingerprint density at radius 2 is 1.64 bits per heavy atom. The number of nitrogens with zero attached hydrogens (tertiary/aromatic N) is 1. The number of halogens is 1. The van der Waals surface area contributed by atoms with Crippen LogP contribution in [0.1, 0.15) is 81.5 Å². The van der Waals surface area contributed by atoms with Crippen molar-refractivity contribution >= 4 is 45.1 Å². The number of unbranched alkanes of at least 4 members (excludes halogenated alkanes) is 9. The first-order chi connectivity index (χ1) is 18.7. The predicted octanol–water partition coefficient (Wildman–Crippen LogP) is 5.62. The summed E-state index contributed by atoms with van der Waals surface area (Å²) in [7, 11) is -2.68. The van der Waals surface area contributed by atoms with Crippen LogP contribution in [0.25, 0.3) is 0 Å². The Morgan fingerprint density at radius 1 is 1.00 bits per heavy atom. The van der Waals surface area contributed by atoms with Gasteiger partial charge in [0.15, 0.2) is 11.6 Å². The number of rotatable bonds is 17. The van der Waals surface area contributed by atoms with Gasteiger partial charge in [0.2, 0.25) is 10.0 Å². The number of urea groups is 1. The molecular weight excluding hydrogens is 546 g/mol. The van der Waals surface area contributed by atoms with Gasteiger partial charge in [0.1, 0.15) is 4.90 Å². The lowest BCUT2D eigenvalue weighted by Gasteiger charge is -2.14. The van der Waals surface area contributed by atoms with E-state index in [1.165, 1.54) is 70.3 Å². The molecule has 0 unspecified atom stereocenters. The zero-order valence-electron chi connectivity index (χ0n) is 22.4. The molecule has 13 heteroatoms. The fourth-order valence-corrected chi connectivity index (χ4v) is 4.32. The molecule has 0 saturated heterocycles. The molecule has 0 bridgehead atoms. The van der Waals surface area contributed by atoms with Crippen molar-refractivity contribution in [3.05, 3.63) is 41.0 Å². The first kappa shape index (κ1) is 32.1. The van der Waals surface area contributed by atoms with E-state index in [0.717, 1.165) is 31.5 Å². The minimum atomic E-state index is -3.98. The zero-order chi connectivity index (χ0) is 28.7. The summed E-state index contributed by atoms with van der Waals surface area (Å²) in [4.78, 5) is 28.5. The van der Waals surface area contributed by atoms with Crippen molar-refractivity contribution in [1.29, 1.82) is 0 Å². The monoisotopic (exact) mass is 583 g/mol. The number of sulfonamides is 1. The maximum Gasteiger partial charge on any atom is 0.338 e. The van der Waals surface area contributed by atoms with Gasteiger partial charge in [0, 0.05) is 12.3 Å². The second-order valence-corrected chi connectivity index (χ2v) is 11.0. The van der Waals surface area contributed by atoms with Crippen molar-refractivity contribution in [1.82, 2.24) is 10.4 Å². The normalized spacial score (nSPS) is 11.1. The van der Waals surface area contributed by atoms with Gasteiger partial charge in [-0.1, -0.05) is 76.3 Å². The molecule has 0 aliphatic carbocycles. The highest BCUT2D eigenvalue weighted by Gasteiger charge is 2.15. The molecule has 216 valence electrons. The Hall–Kier alpha value is -3.09. The number of esters is 1. The minimum absolute atomic E-state index is 0.0343. The number of ether oxygens (including phenoxy) is 2. The average Bonchev–Trinajstić information content (AvgIpc) is 2.91. The van der Waals surface area contributed by atoms with Gasteiger partial charge >= 0.3 is 12.0 Å². The van der Waals surface area contributed by atoms with E-state index in [0.29, 0.717) is 6.61 Å². The van der Waals surface area contributed by atoms with Crippen molar-refractivity contribution in [2.24, 2.45) is 5.14 Å². The minimum Gasteiger partial charge on any atom is -0.493 e. The fraction of sp³-hybridized carbons (Fsp3) is 0.500. The summed E-state index contributed by atoms with van der Waals surface area (Å²) in [5.74, 6) is -0.435. The van der Waals surface area contributed by atoms with Crippen molar-refractivity contribution in [3.63, 3.8) is 0 Å². The predicted molar refractivity (Wildman–Crippen MR) is 152 cm³/mol. The maximum absolute atomic E-state index is 12.5. The average molecular weight is 584 g/mol. The standard InChI is InChI=1S/C26H38ClN5O6S/c1-3-4-5-6-7-8-9-10-11-12-15-38-25(33)19-13-14-21(27)22(16-19)30-26(34)32-31-24-23(37-2)17-20(18-29-24)39(28,35)36/h13-14,16-18H,3-12,15H2,1-2H3,(H,29,31)(H2,28,35,36)(H2,30,32,34). The van der Waals surface area contributed by atoms with Gasteiger partial charge in [0.25, 0.3) is 0 Å². The quantitative estimate of drug-likeness (QED) is 0.106. The number of hydrogen-bond donors (Lipinski definition) is 4. The number of hydrogen-bond acceptors (Lipinski definition) is 8. The molecule has 1 aromatic heterocycles. The van der Waals surface area contributed by atoms with E-state index in [1.54, 1.807) is 0 Å². The molecule has 2 amide bonds. The number of methoxy groups -OCH3 is 1. The Labute approximate surface area is 235 Å². The fourth-order valence-electron chi connectivity index (χ4n) is 3.69. The summed E-state index contributed by atoms with van der Waals surface area (Å²) in [5.41, 5.74) is 5.28. The number of primary sulfonamides is 1. The summed E-state index contributed by atoms with van der Waals surface area (Å²) >= 11 is 6.18. The molecule has 0 aliphatic rings. The number of pyridine rings is 1. The summed E-state index contributed by atoms with van der Waals surface area (Å²) in [6.45, 7) is 2.54. The molecule has 0 radical (unpaired) electrons. The first-order valence-corrected chi connectivity index (χ1v) is 14.9. The summed E-state index contributed by atoms with van der Waals surface area (Å²) in [6.07, 6.45) is 12.9. The van der Waals surface area contributed by atoms with Crippen LogP contribution in [-0.4, -0.2) is 39.1 Å². The second-order valence-electron chi connectivity index (χ2n) is 8.98. The van der Waals surface area contributed by atoms with E-state index >= 15 is 0 Å². The molecule has 0 saturated carbocycles. The van der Waals surface area contributed by atoms with Gasteiger partial charge in [-0.3, -0.25) is 5.43 Å². The SMILES string of the molecule is CCCCCCCCCCCCOC(=O)c1ccc(Cl)c(NC(=O)NNc2ncc(S(N)(=O)=O)cc2OC)c1. The Kier molecular flexibility index (Phi) is 13.8. The molecule has 1 heterocycles. The van der Waals surface area contributed by atoms with Gasteiger partial charge in [-0.15, -0.1) is 0 Å². The van der Waals surface area contributed by atoms with Gasteiger partial charge in [-0.2, -0.15) is 0 Å². The van der Waals surface area contributed by atoms with Crippen LogP contribution in [0.5, 0.6) is 5.75 Å². The Balaban J connectivity index is 1.78. The molecule has 0 aliphatic heterocycles. The van der Waals surface area contributed by atoms with Crippen LogP contribution < -0.4 is 26.0 Å². The number of nitrogens with one attached hydrogen (secondary N) is 3. The number of aromatic nitrogens is 1. The van der Waals surface area contributed by atoms with Crippen molar-refractivity contribution in [3.8, 4) is 5.75 Å². The number of hydrazine groups is 1. The van der Waals surface area contributed by atoms with E-state index in [-0.39, 0.29) is 32.7 Å². The topological polar surface area (TPSA) is 162 Å². The first-order valence-electron chi connectivity index (χ1n) is 13.0. The third kappa shape index (κ3) is 11.7. The third-order valence-corrected chi connectivity index (χ3v) is 7.06. The highest BCUT2D eigenvalue weighted by molar-refractivity contribution is 7.89. The van der Waals surface area contributed by atoms with Crippen LogP contribution in [0.3, 0.4) is 0 Å².